The molecule has 2 aromatic rings. The van der Waals surface area contributed by atoms with Gasteiger partial charge < -0.3 is 9.73 Å². The molecule has 3 atom stereocenters. The maximum atomic E-state index is 5.93. The van der Waals surface area contributed by atoms with E-state index < -0.39 is 0 Å². The molecule has 3 nitrogen and oxygen atoms in total. The Balaban J connectivity index is 1.76. The number of fused-ring (bicyclic) bond motifs is 3. The lowest BCUT2D eigenvalue weighted by molar-refractivity contribution is 0.408. The highest BCUT2D eigenvalue weighted by molar-refractivity contribution is 5.73. The van der Waals surface area contributed by atoms with Crippen molar-refractivity contribution in [3.63, 3.8) is 0 Å². The summed E-state index contributed by atoms with van der Waals surface area (Å²) in [7, 11) is 0. The van der Waals surface area contributed by atoms with Gasteiger partial charge in [0.05, 0.1) is 5.92 Å². The van der Waals surface area contributed by atoms with E-state index in [0.717, 1.165) is 17.0 Å². The minimum absolute atomic E-state index is 0.487. The molecule has 3 heterocycles. The molecule has 2 saturated heterocycles. The molecule has 2 fully saturated rings. The molecule has 0 aliphatic carbocycles. The van der Waals surface area contributed by atoms with Crippen molar-refractivity contribution in [3.05, 3.63) is 29.7 Å². The van der Waals surface area contributed by atoms with Crippen molar-refractivity contribution in [2.24, 2.45) is 0 Å². The summed E-state index contributed by atoms with van der Waals surface area (Å²) in [5.41, 5.74) is 3.16. The van der Waals surface area contributed by atoms with Gasteiger partial charge in [-0.3, -0.25) is 0 Å². The maximum absolute atomic E-state index is 5.93. The van der Waals surface area contributed by atoms with Gasteiger partial charge in [0.25, 0.3) is 0 Å². The molecule has 0 saturated carbocycles. The van der Waals surface area contributed by atoms with Crippen LogP contribution in [0.25, 0.3) is 11.1 Å². The van der Waals surface area contributed by atoms with Crippen molar-refractivity contribution >= 4 is 11.1 Å². The second-order valence-electron chi connectivity index (χ2n) is 5.41. The first-order chi connectivity index (χ1) is 8.29. The van der Waals surface area contributed by atoms with Crippen molar-refractivity contribution in [3.8, 4) is 0 Å². The van der Waals surface area contributed by atoms with E-state index in [2.05, 4.69) is 35.4 Å². The van der Waals surface area contributed by atoms with Gasteiger partial charge in [-0.25, -0.2) is 4.98 Å². The highest BCUT2D eigenvalue weighted by Crippen LogP contribution is 2.40. The summed E-state index contributed by atoms with van der Waals surface area (Å²) in [4.78, 5) is 4.65. The van der Waals surface area contributed by atoms with E-state index in [0.29, 0.717) is 18.0 Å². The minimum atomic E-state index is 0.487. The predicted octanol–water partition coefficient (Wildman–Crippen LogP) is 2.74. The second-order valence-corrected chi connectivity index (χ2v) is 5.41. The first-order valence-electron chi connectivity index (χ1n) is 6.43. The monoisotopic (exact) mass is 228 g/mol. The number of aromatic nitrogens is 1. The Bertz CT molecular complexity index is 575. The Kier molecular flexibility index (Phi) is 1.89. The molecule has 2 bridgehead atoms. The van der Waals surface area contributed by atoms with E-state index >= 15 is 0 Å². The smallest absolute Gasteiger partial charge is 0.200 e. The lowest BCUT2D eigenvalue weighted by atomic mass is 9.89. The van der Waals surface area contributed by atoms with Gasteiger partial charge in [0.2, 0.25) is 0 Å². The van der Waals surface area contributed by atoms with Crippen LogP contribution in [0.3, 0.4) is 0 Å². The van der Waals surface area contributed by atoms with Crippen molar-refractivity contribution in [2.75, 3.05) is 0 Å². The number of nitrogens with one attached hydrogen (secondary N) is 1. The van der Waals surface area contributed by atoms with Gasteiger partial charge in [0, 0.05) is 12.1 Å². The Hall–Kier alpha value is -1.35. The first kappa shape index (κ1) is 9.66. The van der Waals surface area contributed by atoms with E-state index in [4.69, 9.17) is 4.42 Å². The summed E-state index contributed by atoms with van der Waals surface area (Å²) in [6, 6.07) is 7.51. The van der Waals surface area contributed by atoms with Gasteiger partial charge in [-0.05, 0) is 43.9 Å². The average molecular weight is 228 g/mol. The number of oxazole rings is 1. The number of nitrogens with zero attached hydrogens (tertiary/aromatic N) is 1. The van der Waals surface area contributed by atoms with Crippen molar-refractivity contribution < 1.29 is 4.42 Å². The Labute approximate surface area is 100 Å². The molecule has 88 valence electrons. The lowest BCUT2D eigenvalue weighted by Crippen LogP contribution is -2.21. The molecule has 17 heavy (non-hydrogen) atoms. The highest BCUT2D eigenvalue weighted by Gasteiger charge is 2.42. The van der Waals surface area contributed by atoms with E-state index in [1.807, 2.05) is 0 Å². The highest BCUT2D eigenvalue weighted by atomic mass is 16.3. The molecule has 2 aliphatic rings. The molecule has 0 spiro atoms. The van der Waals surface area contributed by atoms with Gasteiger partial charge in [-0.1, -0.05) is 6.07 Å². The number of hydrogen-bond acceptors (Lipinski definition) is 3. The zero-order valence-corrected chi connectivity index (χ0v) is 9.94. The van der Waals surface area contributed by atoms with Crippen LogP contribution in [0.5, 0.6) is 0 Å². The van der Waals surface area contributed by atoms with Crippen LogP contribution in [0.4, 0.5) is 0 Å². The first-order valence-corrected chi connectivity index (χ1v) is 6.43. The van der Waals surface area contributed by atoms with Crippen molar-refractivity contribution in [1.82, 2.24) is 10.3 Å². The summed E-state index contributed by atoms with van der Waals surface area (Å²) >= 11 is 0. The number of hydrogen-bond donors (Lipinski definition) is 1. The summed E-state index contributed by atoms with van der Waals surface area (Å²) in [5, 5.41) is 3.63. The zero-order valence-electron chi connectivity index (χ0n) is 9.94. The Morgan fingerprint density at radius 3 is 3.06 bits per heavy atom. The quantitative estimate of drug-likeness (QED) is 0.815. The second kappa shape index (κ2) is 3.33. The molecule has 1 aromatic carbocycles. The Morgan fingerprint density at radius 2 is 2.29 bits per heavy atom. The third-order valence-corrected chi connectivity index (χ3v) is 4.18. The largest absolute Gasteiger partial charge is 0.440 e. The fourth-order valence-corrected chi connectivity index (χ4v) is 3.31. The SMILES string of the molecule is Cc1ccc2nc(C3CC4CCC3N4)oc2c1. The van der Waals surface area contributed by atoms with Gasteiger partial charge in [0.1, 0.15) is 5.52 Å². The molecular weight excluding hydrogens is 212 g/mol. The predicted molar refractivity (Wildman–Crippen MR) is 66.0 cm³/mol. The van der Waals surface area contributed by atoms with Crippen LogP contribution in [0.1, 0.15) is 36.6 Å². The molecule has 0 amide bonds. The normalized spacial score (nSPS) is 31.5. The van der Waals surface area contributed by atoms with Crippen LogP contribution in [-0.2, 0) is 0 Å². The van der Waals surface area contributed by atoms with Crippen molar-refractivity contribution in [1.29, 1.82) is 0 Å². The maximum Gasteiger partial charge on any atom is 0.200 e. The van der Waals surface area contributed by atoms with Gasteiger partial charge in [-0.2, -0.15) is 0 Å². The summed E-state index contributed by atoms with van der Waals surface area (Å²) in [6.07, 6.45) is 3.78. The van der Waals surface area contributed by atoms with Crippen LogP contribution >= 0.6 is 0 Å². The zero-order chi connectivity index (χ0) is 11.4. The van der Waals surface area contributed by atoms with Crippen LogP contribution in [0.2, 0.25) is 0 Å². The van der Waals surface area contributed by atoms with Crippen LogP contribution in [-0.4, -0.2) is 17.1 Å². The standard InChI is InChI=1S/C14H16N2O/c1-8-2-4-12-13(6-8)17-14(16-12)10-7-9-3-5-11(10)15-9/h2,4,6,9-11,15H,3,5,7H2,1H3. The van der Waals surface area contributed by atoms with Gasteiger partial charge in [0.15, 0.2) is 11.5 Å². The fraction of sp³-hybridized carbons (Fsp3) is 0.500. The van der Waals surface area contributed by atoms with Gasteiger partial charge in [-0.15, -0.1) is 0 Å². The summed E-state index contributed by atoms with van der Waals surface area (Å²) in [6.45, 7) is 2.08. The van der Waals surface area contributed by atoms with E-state index in [1.165, 1.54) is 24.8 Å². The topological polar surface area (TPSA) is 38.1 Å². The molecule has 4 rings (SSSR count). The van der Waals surface area contributed by atoms with E-state index in [1.54, 1.807) is 0 Å². The third kappa shape index (κ3) is 1.42. The van der Waals surface area contributed by atoms with Crippen LogP contribution < -0.4 is 5.32 Å². The molecule has 3 heteroatoms. The van der Waals surface area contributed by atoms with E-state index in [9.17, 15) is 0 Å². The number of benzene rings is 1. The van der Waals surface area contributed by atoms with E-state index in [-0.39, 0.29) is 0 Å². The number of rotatable bonds is 1. The van der Waals surface area contributed by atoms with Crippen LogP contribution in [0.15, 0.2) is 22.6 Å². The van der Waals surface area contributed by atoms with Crippen LogP contribution in [0, 0.1) is 6.92 Å². The molecule has 1 aromatic heterocycles. The molecule has 1 N–H and O–H groups in total. The molecule has 0 radical (unpaired) electrons. The Morgan fingerprint density at radius 1 is 1.35 bits per heavy atom. The van der Waals surface area contributed by atoms with Crippen molar-refractivity contribution in [2.45, 2.75) is 44.2 Å². The summed E-state index contributed by atoms with van der Waals surface area (Å²) in [5.74, 6) is 1.42. The van der Waals surface area contributed by atoms with Gasteiger partial charge >= 0.3 is 0 Å². The third-order valence-electron chi connectivity index (χ3n) is 4.18. The fourth-order valence-electron chi connectivity index (χ4n) is 3.31. The number of aryl methyl sites for hydroxylation is 1. The molecular formula is C14H16N2O. The average Bonchev–Trinajstić information content (AvgIpc) is 3.01. The summed E-state index contributed by atoms with van der Waals surface area (Å²) < 4.78 is 5.93. The lowest BCUT2D eigenvalue weighted by Gasteiger charge is -2.15. The molecule has 2 aliphatic heterocycles. The molecule has 3 unspecified atom stereocenters. The minimum Gasteiger partial charge on any atom is -0.440 e.